The van der Waals surface area contributed by atoms with Crippen LogP contribution in [0.4, 0.5) is 5.69 Å². The molecule has 0 unspecified atom stereocenters. The summed E-state index contributed by atoms with van der Waals surface area (Å²) in [7, 11) is -0.119. The number of nitrogens with zero attached hydrogens (tertiary/aromatic N) is 2. The third-order valence-electron chi connectivity index (χ3n) is 5.52. The van der Waals surface area contributed by atoms with Gasteiger partial charge in [0.25, 0.3) is 5.91 Å². The fraction of sp³-hybridized carbons (Fsp3) is 0.417. The monoisotopic (exact) mass is 473 g/mol. The Labute approximate surface area is 195 Å². The van der Waals surface area contributed by atoms with Gasteiger partial charge in [0, 0.05) is 39.3 Å². The average Bonchev–Trinajstić information content (AvgIpc) is 2.83. The predicted octanol–water partition coefficient (Wildman–Crippen LogP) is 2.90. The predicted molar refractivity (Wildman–Crippen MR) is 127 cm³/mol. The van der Waals surface area contributed by atoms with Gasteiger partial charge < -0.3 is 15.0 Å². The summed E-state index contributed by atoms with van der Waals surface area (Å²) in [5.41, 5.74) is 1.53. The van der Waals surface area contributed by atoms with E-state index >= 15 is 0 Å². The van der Waals surface area contributed by atoms with Gasteiger partial charge >= 0.3 is 0 Å². The quantitative estimate of drug-likeness (QED) is 0.604. The molecule has 178 valence electrons. The SMILES string of the molecule is CN(C)C(=O)COc1ccc(NC(=O)CCc2ccc(S(=O)(=O)N3CCCCC3)cc2)cc1. The second kappa shape index (κ2) is 11.3. The lowest BCUT2D eigenvalue weighted by Crippen LogP contribution is -2.35. The number of ether oxygens (including phenoxy) is 1. The largest absolute Gasteiger partial charge is 0.484 e. The summed E-state index contributed by atoms with van der Waals surface area (Å²) < 4.78 is 32.4. The fourth-order valence-electron chi connectivity index (χ4n) is 3.47. The van der Waals surface area contributed by atoms with Crippen LogP contribution in [-0.2, 0) is 26.0 Å². The standard InChI is InChI=1S/C24H31N3O5S/c1-26(2)24(29)18-32-21-11-9-20(10-12-21)25-23(28)15-8-19-6-13-22(14-7-19)33(30,31)27-16-4-3-5-17-27/h6-7,9-14H,3-5,8,15-18H2,1-2H3,(H,25,28). The van der Waals surface area contributed by atoms with E-state index in [1.54, 1.807) is 66.9 Å². The minimum atomic E-state index is -3.44. The minimum Gasteiger partial charge on any atom is -0.484 e. The number of amides is 2. The molecule has 0 radical (unpaired) electrons. The molecular weight excluding hydrogens is 442 g/mol. The van der Waals surface area contributed by atoms with E-state index in [1.807, 2.05) is 0 Å². The first-order valence-corrected chi connectivity index (χ1v) is 12.5. The molecule has 2 amide bonds. The average molecular weight is 474 g/mol. The Morgan fingerprint density at radius 2 is 1.61 bits per heavy atom. The molecule has 1 aliphatic heterocycles. The number of hydrogen-bond donors (Lipinski definition) is 1. The Kier molecular flexibility index (Phi) is 8.46. The van der Waals surface area contributed by atoms with E-state index in [4.69, 9.17) is 4.74 Å². The van der Waals surface area contributed by atoms with Crippen molar-refractivity contribution in [3.05, 3.63) is 54.1 Å². The summed E-state index contributed by atoms with van der Waals surface area (Å²) in [5.74, 6) is 0.267. The van der Waals surface area contributed by atoms with E-state index in [0.717, 1.165) is 24.8 Å². The van der Waals surface area contributed by atoms with Crippen LogP contribution in [0.25, 0.3) is 0 Å². The third kappa shape index (κ3) is 7.03. The first kappa shape index (κ1) is 24.7. The van der Waals surface area contributed by atoms with Crippen molar-refractivity contribution >= 4 is 27.5 Å². The first-order valence-electron chi connectivity index (χ1n) is 11.1. The van der Waals surface area contributed by atoms with Gasteiger partial charge in [0.2, 0.25) is 15.9 Å². The van der Waals surface area contributed by atoms with Crippen LogP contribution in [0.1, 0.15) is 31.2 Å². The molecule has 1 heterocycles. The van der Waals surface area contributed by atoms with Crippen molar-refractivity contribution in [1.29, 1.82) is 0 Å². The van der Waals surface area contributed by atoms with Crippen LogP contribution < -0.4 is 10.1 Å². The highest BCUT2D eigenvalue weighted by Gasteiger charge is 2.25. The van der Waals surface area contributed by atoms with E-state index in [9.17, 15) is 18.0 Å². The number of aryl methyl sites for hydroxylation is 1. The van der Waals surface area contributed by atoms with Gasteiger partial charge in [-0.2, -0.15) is 4.31 Å². The highest BCUT2D eigenvalue weighted by molar-refractivity contribution is 7.89. The number of carbonyl (C=O) groups excluding carboxylic acids is 2. The van der Waals surface area contributed by atoms with Crippen LogP contribution in [0.3, 0.4) is 0 Å². The smallest absolute Gasteiger partial charge is 0.259 e. The molecule has 0 atom stereocenters. The first-order chi connectivity index (χ1) is 15.8. The molecule has 2 aromatic rings. The van der Waals surface area contributed by atoms with E-state index in [0.29, 0.717) is 35.8 Å². The molecule has 1 saturated heterocycles. The van der Waals surface area contributed by atoms with Gasteiger partial charge in [-0.15, -0.1) is 0 Å². The molecule has 3 rings (SSSR count). The lowest BCUT2D eigenvalue weighted by molar-refractivity contribution is -0.130. The number of benzene rings is 2. The molecule has 0 spiro atoms. The molecule has 2 aromatic carbocycles. The second-order valence-electron chi connectivity index (χ2n) is 8.26. The van der Waals surface area contributed by atoms with E-state index in [2.05, 4.69) is 5.32 Å². The Bertz CT molecular complexity index is 1040. The summed E-state index contributed by atoms with van der Waals surface area (Å²) >= 11 is 0. The van der Waals surface area contributed by atoms with Gasteiger partial charge in [-0.05, 0) is 61.2 Å². The number of hydrogen-bond acceptors (Lipinski definition) is 5. The summed E-state index contributed by atoms with van der Waals surface area (Å²) in [6.07, 6.45) is 3.65. The molecule has 0 saturated carbocycles. The zero-order valence-corrected chi connectivity index (χ0v) is 19.9. The van der Waals surface area contributed by atoms with Gasteiger partial charge in [-0.25, -0.2) is 8.42 Å². The van der Waals surface area contributed by atoms with Crippen molar-refractivity contribution in [3.63, 3.8) is 0 Å². The Morgan fingerprint density at radius 3 is 2.21 bits per heavy atom. The highest BCUT2D eigenvalue weighted by atomic mass is 32.2. The zero-order valence-electron chi connectivity index (χ0n) is 19.1. The topological polar surface area (TPSA) is 96.0 Å². The molecule has 1 N–H and O–H groups in total. The van der Waals surface area contributed by atoms with Crippen LogP contribution in [-0.4, -0.2) is 63.2 Å². The zero-order chi connectivity index (χ0) is 23.8. The van der Waals surface area contributed by atoms with Crippen molar-refractivity contribution in [2.24, 2.45) is 0 Å². The van der Waals surface area contributed by atoms with Crippen molar-refractivity contribution in [3.8, 4) is 5.75 Å². The van der Waals surface area contributed by atoms with E-state index in [-0.39, 0.29) is 24.8 Å². The third-order valence-corrected chi connectivity index (χ3v) is 7.43. The minimum absolute atomic E-state index is 0.0448. The molecule has 9 heteroatoms. The van der Waals surface area contributed by atoms with Crippen LogP contribution >= 0.6 is 0 Å². The normalized spacial score (nSPS) is 14.5. The number of nitrogens with one attached hydrogen (secondary N) is 1. The molecule has 0 aliphatic carbocycles. The number of carbonyl (C=O) groups is 2. The number of likely N-dealkylation sites (N-methyl/N-ethyl adjacent to an activating group) is 1. The number of sulfonamides is 1. The van der Waals surface area contributed by atoms with Gasteiger partial charge in [0.1, 0.15) is 5.75 Å². The Balaban J connectivity index is 1.47. The summed E-state index contributed by atoms with van der Waals surface area (Å²) in [4.78, 5) is 25.6. The van der Waals surface area contributed by atoms with Crippen LogP contribution in [0.15, 0.2) is 53.4 Å². The van der Waals surface area contributed by atoms with Crippen LogP contribution in [0.5, 0.6) is 5.75 Å². The number of anilines is 1. The maximum Gasteiger partial charge on any atom is 0.259 e. The summed E-state index contributed by atoms with van der Waals surface area (Å²) in [5, 5.41) is 2.83. The van der Waals surface area contributed by atoms with Gasteiger partial charge in [-0.1, -0.05) is 18.6 Å². The summed E-state index contributed by atoms with van der Waals surface area (Å²) in [6.45, 7) is 1.11. The van der Waals surface area contributed by atoms with Gasteiger partial charge in [0.05, 0.1) is 4.90 Å². The van der Waals surface area contributed by atoms with Crippen LogP contribution in [0, 0.1) is 0 Å². The van der Waals surface area contributed by atoms with E-state index in [1.165, 1.54) is 4.90 Å². The fourth-order valence-corrected chi connectivity index (χ4v) is 4.99. The number of rotatable bonds is 9. The lowest BCUT2D eigenvalue weighted by Gasteiger charge is -2.25. The van der Waals surface area contributed by atoms with Crippen molar-refractivity contribution < 1.29 is 22.7 Å². The molecule has 8 nitrogen and oxygen atoms in total. The molecule has 1 fully saturated rings. The summed E-state index contributed by atoms with van der Waals surface area (Å²) in [6, 6.07) is 13.6. The molecule has 0 bridgehead atoms. The van der Waals surface area contributed by atoms with Crippen LogP contribution in [0.2, 0.25) is 0 Å². The number of piperidine rings is 1. The molecular formula is C24H31N3O5S. The molecule has 33 heavy (non-hydrogen) atoms. The highest BCUT2D eigenvalue weighted by Crippen LogP contribution is 2.21. The van der Waals surface area contributed by atoms with Crippen molar-refractivity contribution in [2.75, 3.05) is 39.1 Å². The maximum absolute atomic E-state index is 12.7. The molecule has 1 aliphatic rings. The maximum atomic E-state index is 12.7. The van der Waals surface area contributed by atoms with Crippen molar-refractivity contribution in [2.45, 2.75) is 37.0 Å². The van der Waals surface area contributed by atoms with E-state index < -0.39 is 10.0 Å². The Morgan fingerprint density at radius 1 is 0.970 bits per heavy atom. The Hall–Kier alpha value is -2.91. The van der Waals surface area contributed by atoms with Gasteiger partial charge in [0.15, 0.2) is 6.61 Å². The second-order valence-corrected chi connectivity index (χ2v) is 10.2. The molecule has 0 aromatic heterocycles. The lowest BCUT2D eigenvalue weighted by atomic mass is 10.1. The van der Waals surface area contributed by atoms with Crippen molar-refractivity contribution in [1.82, 2.24) is 9.21 Å². The van der Waals surface area contributed by atoms with Gasteiger partial charge in [-0.3, -0.25) is 9.59 Å².